The lowest BCUT2D eigenvalue weighted by Gasteiger charge is -2.19. The molecule has 0 aliphatic heterocycles. The lowest BCUT2D eigenvalue weighted by molar-refractivity contribution is 0.632. The van der Waals surface area contributed by atoms with E-state index in [0.29, 0.717) is 11.2 Å². The molecule has 17 aromatic rings. The van der Waals surface area contributed by atoms with Crippen LogP contribution in [0.15, 0.2) is 280 Å². The lowest BCUT2D eigenvalue weighted by atomic mass is 9.84. The summed E-state index contributed by atoms with van der Waals surface area (Å²) in [5.74, 6) is 0. The molecule has 3 heteroatoms. The normalized spacial score (nSPS) is 12.1. The number of para-hydroxylation sites is 1. The predicted octanol–water partition coefficient (Wildman–Crippen LogP) is 22.0. The van der Waals surface area contributed by atoms with Gasteiger partial charge in [0.15, 0.2) is 11.2 Å². The van der Waals surface area contributed by atoms with Crippen LogP contribution in [-0.4, -0.2) is 0 Å². The molecule has 0 atom stereocenters. The highest BCUT2D eigenvalue weighted by molar-refractivity contribution is 6.37. The largest absolute Gasteiger partial charge is 0.455 e. The molecular formula is C76H44O3. The van der Waals surface area contributed by atoms with Crippen molar-refractivity contribution in [3.05, 3.63) is 267 Å². The van der Waals surface area contributed by atoms with Gasteiger partial charge >= 0.3 is 0 Å². The van der Waals surface area contributed by atoms with Crippen molar-refractivity contribution in [2.45, 2.75) is 0 Å². The minimum absolute atomic E-state index is 0.673. The number of rotatable bonds is 6. The summed E-state index contributed by atoms with van der Waals surface area (Å²) >= 11 is 0. The van der Waals surface area contributed by atoms with E-state index in [1.54, 1.807) is 0 Å². The van der Waals surface area contributed by atoms with Gasteiger partial charge in [-0.05, 0) is 158 Å². The molecule has 0 unspecified atom stereocenters. The molecule has 79 heavy (non-hydrogen) atoms. The quantitative estimate of drug-likeness (QED) is 0.156. The molecule has 0 aliphatic carbocycles. The third kappa shape index (κ3) is 6.54. The average molecular weight is 1010 g/mol. The minimum atomic E-state index is 0.673. The fraction of sp³-hybridized carbons (Fsp3) is 0. The number of fused-ring (bicyclic) bond motifs is 16. The number of benzene rings is 14. The van der Waals surface area contributed by atoms with E-state index in [1.165, 1.54) is 93.2 Å². The van der Waals surface area contributed by atoms with Crippen molar-refractivity contribution in [3.63, 3.8) is 0 Å². The van der Waals surface area contributed by atoms with Gasteiger partial charge in [0.25, 0.3) is 0 Å². The lowest BCUT2D eigenvalue weighted by Crippen LogP contribution is -1.92. The zero-order valence-corrected chi connectivity index (χ0v) is 42.6. The first-order valence-electron chi connectivity index (χ1n) is 27.1. The second-order valence-corrected chi connectivity index (χ2v) is 20.9. The van der Waals surface area contributed by atoms with Gasteiger partial charge in [-0.1, -0.05) is 218 Å². The summed E-state index contributed by atoms with van der Waals surface area (Å²) in [6, 6.07) is 96.4. The van der Waals surface area contributed by atoms with E-state index in [4.69, 9.17) is 13.3 Å². The van der Waals surface area contributed by atoms with Crippen molar-refractivity contribution in [2.24, 2.45) is 0 Å². The highest BCUT2D eigenvalue weighted by atomic mass is 16.4. The van der Waals surface area contributed by atoms with Gasteiger partial charge in [-0.2, -0.15) is 0 Å². The van der Waals surface area contributed by atoms with Crippen LogP contribution in [0.1, 0.15) is 0 Å². The highest BCUT2D eigenvalue weighted by Gasteiger charge is 2.27. The third-order valence-electron chi connectivity index (χ3n) is 16.6. The Bertz CT molecular complexity index is 5180. The molecule has 366 valence electrons. The number of furan rings is 3. The first kappa shape index (κ1) is 43.7. The second kappa shape index (κ2) is 17.0. The summed E-state index contributed by atoms with van der Waals surface area (Å²) in [5.41, 5.74) is 18.6. The van der Waals surface area contributed by atoms with Crippen LogP contribution in [0.3, 0.4) is 0 Å². The van der Waals surface area contributed by atoms with E-state index in [9.17, 15) is 0 Å². The van der Waals surface area contributed by atoms with E-state index in [-0.39, 0.29) is 0 Å². The van der Waals surface area contributed by atoms with Gasteiger partial charge in [-0.3, -0.25) is 0 Å². The summed E-state index contributed by atoms with van der Waals surface area (Å²) in [6.45, 7) is 0. The van der Waals surface area contributed by atoms with Crippen LogP contribution < -0.4 is 0 Å². The fourth-order valence-electron chi connectivity index (χ4n) is 13.2. The minimum Gasteiger partial charge on any atom is -0.455 e. The van der Waals surface area contributed by atoms with E-state index in [0.717, 1.165) is 71.3 Å². The maximum Gasteiger partial charge on any atom is 0.182 e. The third-order valence-corrected chi connectivity index (χ3v) is 16.6. The number of hydrogen-bond donors (Lipinski definition) is 0. The maximum absolute atomic E-state index is 7.22. The zero-order chi connectivity index (χ0) is 51.7. The predicted molar refractivity (Wildman–Crippen MR) is 331 cm³/mol. The van der Waals surface area contributed by atoms with Crippen LogP contribution in [0.2, 0.25) is 0 Å². The van der Waals surface area contributed by atoms with Crippen molar-refractivity contribution in [3.8, 4) is 66.8 Å². The van der Waals surface area contributed by atoms with Crippen LogP contribution >= 0.6 is 0 Å². The Kier molecular flexibility index (Phi) is 9.42. The molecule has 14 aromatic carbocycles. The Labute approximate surface area is 453 Å². The Morgan fingerprint density at radius 1 is 0.165 bits per heavy atom. The molecule has 0 fully saturated rings. The molecule has 0 saturated heterocycles. The fourth-order valence-corrected chi connectivity index (χ4v) is 13.2. The van der Waals surface area contributed by atoms with Gasteiger partial charge in [0.1, 0.15) is 22.3 Å². The van der Waals surface area contributed by atoms with Crippen molar-refractivity contribution in [1.29, 1.82) is 0 Å². The smallest absolute Gasteiger partial charge is 0.182 e. The van der Waals surface area contributed by atoms with Gasteiger partial charge in [0, 0.05) is 26.9 Å². The monoisotopic (exact) mass is 1000 g/mol. The summed E-state index contributed by atoms with van der Waals surface area (Å²) < 4.78 is 21.4. The van der Waals surface area contributed by atoms with Crippen molar-refractivity contribution in [1.82, 2.24) is 0 Å². The standard InChI is InChI=1S/C76H44O3/c1-4-20-45(21-5-1)50-40-51(46-22-6-2-7-23-46)42-52(41-50)70-59-32-16-14-30-57(59)69(58-31-15-17-33-60(58)70)49-37-39-63-66(44-49)79-76-73(63)74-71(61-34-18-19-35-64(61)77-74)72-62-38-36-48(43-65(62)78-75(72)76)68-55-28-12-10-26-53(55)67(47-24-8-3-9-25-47)54-27-11-13-29-56(54)68/h1-44H. The van der Waals surface area contributed by atoms with Crippen molar-refractivity contribution in [2.75, 3.05) is 0 Å². The van der Waals surface area contributed by atoms with Crippen LogP contribution in [0.25, 0.3) is 176 Å². The molecule has 17 rings (SSSR count). The summed E-state index contributed by atoms with van der Waals surface area (Å²) in [4.78, 5) is 0. The van der Waals surface area contributed by atoms with Crippen molar-refractivity contribution < 1.29 is 13.3 Å². The summed E-state index contributed by atoms with van der Waals surface area (Å²) in [6.07, 6.45) is 0. The molecule has 0 radical (unpaired) electrons. The van der Waals surface area contributed by atoms with Gasteiger partial charge in [-0.25, -0.2) is 0 Å². The Hall–Kier alpha value is -10.5. The maximum atomic E-state index is 7.22. The first-order valence-corrected chi connectivity index (χ1v) is 27.1. The van der Waals surface area contributed by atoms with E-state index in [2.05, 4.69) is 261 Å². The van der Waals surface area contributed by atoms with Crippen LogP contribution in [0.4, 0.5) is 0 Å². The number of hydrogen-bond acceptors (Lipinski definition) is 3. The Morgan fingerprint density at radius 2 is 0.468 bits per heavy atom. The second-order valence-electron chi connectivity index (χ2n) is 20.9. The van der Waals surface area contributed by atoms with Crippen LogP contribution in [0.5, 0.6) is 0 Å². The topological polar surface area (TPSA) is 39.4 Å². The highest BCUT2D eigenvalue weighted by Crippen LogP contribution is 2.52. The van der Waals surface area contributed by atoms with E-state index in [1.807, 2.05) is 6.07 Å². The molecule has 0 aliphatic rings. The van der Waals surface area contributed by atoms with Crippen LogP contribution in [-0.2, 0) is 0 Å². The molecule has 3 heterocycles. The van der Waals surface area contributed by atoms with Gasteiger partial charge in [0.05, 0.1) is 5.39 Å². The average Bonchev–Trinajstić information content (AvgIpc) is 4.43. The Balaban J connectivity index is 0.891. The summed E-state index contributed by atoms with van der Waals surface area (Å²) in [5, 5.41) is 15.5. The van der Waals surface area contributed by atoms with Crippen molar-refractivity contribution >= 4 is 109 Å². The van der Waals surface area contributed by atoms with Crippen LogP contribution in [0, 0.1) is 0 Å². The SMILES string of the molecule is c1ccc(-c2cc(-c3ccccc3)cc(-c3c4ccccc4c(-c4ccc5c(c4)oc4c6oc7cc(-c8c9ccccc9c(-c9ccccc9)c9ccccc89)ccc7c6c6c7ccccc7oc6c54)c4ccccc34)c2)cc1. The van der Waals surface area contributed by atoms with E-state index < -0.39 is 0 Å². The zero-order valence-electron chi connectivity index (χ0n) is 42.6. The molecule has 0 spiro atoms. The van der Waals surface area contributed by atoms with E-state index >= 15 is 0 Å². The molecule has 3 nitrogen and oxygen atoms in total. The van der Waals surface area contributed by atoms with Gasteiger partial charge in [0.2, 0.25) is 0 Å². The van der Waals surface area contributed by atoms with Gasteiger partial charge in [-0.15, -0.1) is 0 Å². The molecule has 3 aromatic heterocycles. The molecular weight excluding hydrogens is 961 g/mol. The molecule has 0 N–H and O–H groups in total. The summed E-state index contributed by atoms with van der Waals surface area (Å²) in [7, 11) is 0. The molecule has 0 saturated carbocycles. The molecule has 0 bridgehead atoms. The molecule has 0 amide bonds. The van der Waals surface area contributed by atoms with Gasteiger partial charge < -0.3 is 13.3 Å². The first-order chi connectivity index (χ1) is 39.2. The Morgan fingerprint density at radius 3 is 0.924 bits per heavy atom.